The highest BCUT2D eigenvalue weighted by atomic mass is 32.1. The van der Waals surface area contributed by atoms with E-state index in [-0.39, 0.29) is 11.8 Å². The molecule has 1 amide bonds. The van der Waals surface area contributed by atoms with Gasteiger partial charge in [-0.1, -0.05) is 18.2 Å². The summed E-state index contributed by atoms with van der Waals surface area (Å²) in [6.07, 6.45) is 2.58. The molecular formula is C15H16N2O2S. The Morgan fingerprint density at radius 3 is 2.90 bits per heavy atom. The summed E-state index contributed by atoms with van der Waals surface area (Å²) in [6.45, 7) is 1.73. The third-order valence-corrected chi connectivity index (χ3v) is 4.15. The molecule has 1 aromatic heterocycles. The summed E-state index contributed by atoms with van der Waals surface area (Å²) in [4.78, 5) is 18.8. The molecule has 0 radical (unpaired) electrons. The average molecular weight is 288 g/mol. The lowest BCUT2D eigenvalue weighted by Gasteiger charge is -2.24. The second kappa shape index (κ2) is 6.15. The molecule has 20 heavy (non-hydrogen) atoms. The normalized spacial score (nSPS) is 18.1. The van der Waals surface area contributed by atoms with E-state index in [0.717, 1.165) is 17.1 Å². The average Bonchev–Trinajstić information content (AvgIpc) is 3.18. The molecule has 5 heteroatoms. The van der Waals surface area contributed by atoms with E-state index in [4.69, 9.17) is 4.74 Å². The van der Waals surface area contributed by atoms with Gasteiger partial charge in [0.2, 0.25) is 5.91 Å². The second-order valence-corrected chi connectivity index (χ2v) is 5.73. The van der Waals surface area contributed by atoms with E-state index >= 15 is 0 Å². The molecule has 1 atom stereocenters. The fourth-order valence-corrected chi connectivity index (χ4v) is 2.92. The van der Waals surface area contributed by atoms with E-state index < -0.39 is 0 Å². The van der Waals surface area contributed by atoms with Crippen molar-refractivity contribution in [3.63, 3.8) is 0 Å². The highest BCUT2D eigenvalue weighted by Gasteiger charge is 2.29. The Kier molecular flexibility index (Phi) is 4.08. The number of para-hydroxylation sites is 1. The van der Waals surface area contributed by atoms with Gasteiger partial charge < -0.3 is 9.64 Å². The monoisotopic (exact) mass is 288 g/mol. The van der Waals surface area contributed by atoms with Crippen LogP contribution >= 0.6 is 11.3 Å². The number of anilines is 1. The summed E-state index contributed by atoms with van der Waals surface area (Å²) in [6, 6.07) is 9.77. The molecule has 4 nitrogen and oxygen atoms in total. The van der Waals surface area contributed by atoms with Crippen LogP contribution in [0.25, 0.3) is 0 Å². The maximum absolute atomic E-state index is 12.7. The van der Waals surface area contributed by atoms with Crippen LogP contribution in [0.3, 0.4) is 0 Å². The lowest BCUT2D eigenvalue weighted by atomic mass is 10.1. The smallest absolute Gasteiger partial charge is 0.232 e. The van der Waals surface area contributed by atoms with Crippen molar-refractivity contribution in [3.05, 3.63) is 46.9 Å². The van der Waals surface area contributed by atoms with Crippen molar-refractivity contribution < 1.29 is 9.53 Å². The number of nitrogens with zero attached hydrogens (tertiary/aromatic N) is 2. The maximum Gasteiger partial charge on any atom is 0.232 e. The van der Waals surface area contributed by atoms with Crippen LogP contribution in [-0.4, -0.2) is 24.1 Å². The molecule has 0 spiro atoms. The van der Waals surface area contributed by atoms with Gasteiger partial charge in [0.15, 0.2) is 0 Å². The molecule has 2 heterocycles. The van der Waals surface area contributed by atoms with Gasteiger partial charge in [-0.25, -0.2) is 4.98 Å². The number of hydrogen-bond donors (Lipinski definition) is 0. The third kappa shape index (κ3) is 2.89. The number of aromatic nitrogens is 1. The molecule has 0 saturated carbocycles. The number of benzene rings is 1. The fraction of sp³-hybridized carbons (Fsp3) is 0.333. The lowest BCUT2D eigenvalue weighted by Crippen LogP contribution is -2.36. The number of thiazole rings is 1. The van der Waals surface area contributed by atoms with Crippen molar-refractivity contribution >= 4 is 22.9 Å². The van der Waals surface area contributed by atoms with Gasteiger partial charge in [0.05, 0.1) is 19.1 Å². The van der Waals surface area contributed by atoms with Gasteiger partial charge in [-0.3, -0.25) is 4.79 Å². The van der Waals surface area contributed by atoms with E-state index in [1.807, 2.05) is 40.6 Å². The van der Waals surface area contributed by atoms with Crippen LogP contribution in [0.2, 0.25) is 0 Å². The SMILES string of the molecule is O=C([C@H]1CCOC1)N(Cc1nccs1)c1ccccc1. The highest BCUT2D eigenvalue weighted by Crippen LogP contribution is 2.23. The first-order chi connectivity index (χ1) is 9.84. The Morgan fingerprint density at radius 2 is 2.25 bits per heavy atom. The molecule has 1 fully saturated rings. The van der Waals surface area contributed by atoms with Gasteiger partial charge in [-0.2, -0.15) is 0 Å². The van der Waals surface area contributed by atoms with E-state index in [9.17, 15) is 4.79 Å². The zero-order valence-corrected chi connectivity index (χ0v) is 11.9. The molecule has 0 unspecified atom stereocenters. The molecular weight excluding hydrogens is 272 g/mol. The largest absolute Gasteiger partial charge is 0.381 e. The van der Waals surface area contributed by atoms with Gasteiger partial charge in [-0.15, -0.1) is 11.3 Å². The summed E-state index contributed by atoms with van der Waals surface area (Å²) in [5.41, 5.74) is 0.916. The number of ether oxygens (including phenoxy) is 1. The van der Waals surface area contributed by atoms with Crippen LogP contribution in [-0.2, 0) is 16.1 Å². The number of hydrogen-bond acceptors (Lipinski definition) is 4. The number of rotatable bonds is 4. The van der Waals surface area contributed by atoms with Gasteiger partial charge >= 0.3 is 0 Å². The van der Waals surface area contributed by atoms with Crippen LogP contribution in [0.15, 0.2) is 41.9 Å². The zero-order valence-electron chi connectivity index (χ0n) is 11.1. The predicted octanol–water partition coefficient (Wildman–Crippen LogP) is 2.71. The molecule has 0 bridgehead atoms. The van der Waals surface area contributed by atoms with Crippen molar-refractivity contribution in [3.8, 4) is 0 Å². The van der Waals surface area contributed by atoms with Gasteiger partial charge in [0.1, 0.15) is 5.01 Å². The van der Waals surface area contributed by atoms with Gasteiger partial charge in [-0.05, 0) is 18.6 Å². The topological polar surface area (TPSA) is 42.4 Å². The molecule has 1 saturated heterocycles. The van der Waals surface area contributed by atoms with Gasteiger partial charge in [0, 0.05) is 23.9 Å². The molecule has 0 N–H and O–H groups in total. The molecule has 0 aliphatic carbocycles. The second-order valence-electron chi connectivity index (χ2n) is 4.75. The Labute approximate surface area is 122 Å². The lowest BCUT2D eigenvalue weighted by molar-refractivity contribution is -0.122. The van der Waals surface area contributed by atoms with Crippen LogP contribution in [0.5, 0.6) is 0 Å². The summed E-state index contributed by atoms with van der Waals surface area (Å²) in [5.74, 6) is 0.0964. The minimum Gasteiger partial charge on any atom is -0.381 e. The van der Waals surface area contributed by atoms with Crippen LogP contribution in [0.4, 0.5) is 5.69 Å². The van der Waals surface area contributed by atoms with Crippen molar-refractivity contribution in [2.24, 2.45) is 5.92 Å². The molecule has 1 aromatic carbocycles. The van der Waals surface area contributed by atoms with Crippen molar-refractivity contribution in [1.82, 2.24) is 4.98 Å². The van der Waals surface area contributed by atoms with Crippen molar-refractivity contribution in [1.29, 1.82) is 0 Å². The summed E-state index contributed by atoms with van der Waals surface area (Å²) < 4.78 is 5.34. The van der Waals surface area contributed by atoms with Crippen LogP contribution in [0, 0.1) is 5.92 Å². The fourth-order valence-electron chi connectivity index (χ4n) is 2.32. The predicted molar refractivity (Wildman–Crippen MR) is 78.7 cm³/mol. The molecule has 1 aliphatic heterocycles. The maximum atomic E-state index is 12.7. The Hall–Kier alpha value is -1.72. The van der Waals surface area contributed by atoms with Crippen LogP contribution in [0.1, 0.15) is 11.4 Å². The minimum absolute atomic E-state index is 0.0323. The standard InChI is InChI=1S/C15H16N2O2S/c18-15(12-6-8-19-11-12)17(10-14-16-7-9-20-14)13-4-2-1-3-5-13/h1-5,7,9,12H,6,8,10-11H2/t12-/m0/s1. The summed E-state index contributed by atoms with van der Waals surface area (Å²) >= 11 is 1.57. The van der Waals surface area contributed by atoms with Crippen LogP contribution < -0.4 is 4.90 Å². The Balaban J connectivity index is 1.84. The first-order valence-electron chi connectivity index (χ1n) is 6.67. The Morgan fingerprint density at radius 1 is 1.40 bits per heavy atom. The van der Waals surface area contributed by atoms with E-state index in [1.165, 1.54) is 0 Å². The first kappa shape index (κ1) is 13.3. The van der Waals surface area contributed by atoms with E-state index in [1.54, 1.807) is 17.5 Å². The minimum atomic E-state index is -0.0323. The van der Waals surface area contributed by atoms with Crippen molar-refractivity contribution in [2.45, 2.75) is 13.0 Å². The molecule has 3 rings (SSSR count). The van der Waals surface area contributed by atoms with Crippen molar-refractivity contribution in [2.75, 3.05) is 18.1 Å². The molecule has 2 aromatic rings. The van der Waals surface area contributed by atoms with Gasteiger partial charge in [0.25, 0.3) is 0 Å². The summed E-state index contributed by atoms with van der Waals surface area (Å²) in [7, 11) is 0. The highest BCUT2D eigenvalue weighted by molar-refractivity contribution is 7.09. The Bertz CT molecular complexity index is 551. The molecule has 104 valence electrons. The summed E-state index contributed by atoms with van der Waals surface area (Å²) in [5, 5.41) is 2.88. The van der Waals surface area contributed by atoms with E-state index in [0.29, 0.717) is 19.8 Å². The first-order valence-corrected chi connectivity index (χ1v) is 7.55. The zero-order chi connectivity index (χ0) is 13.8. The number of amides is 1. The quantitative estimate of drug-likeness (QED) is 0.868. The third-order valence-electron chi connectivity index (χ3n) is 3.39. The van der Waals surface area contributed by atoms with E-state index in [2.05, 4.69) is 4.98 Å². The number of carbonyl (C=O) groups is 1. The number of carbonyl (C=O) groups excluding carboxylic acids is 1. The molecule has 1 aliphatic rings.